The zero-order valence-corrected chi connectivity index (χ0v) is 16.3. The number of halogens is 1. The van der Waals surface area contributed by atoms with Crippen LogP contribution in [0.2, 0.25) is 5.02 Å². The van der Waals surface area contributed by atoms with E-state index in [4.69, 9.17) is 16.3 Å². The van der Waals surface area contributed by atoms with Gasteiger partial charge in [-0.25, -0.2) is 0 Å². The van der Waals surface area contributed by atoms with Gasteiger partial charge in [-0.2, -0.15) is 0 Å². The van der Waals surface area contributed by atoms with Gasteiger partial charge in [0, 0.05) is 5.69 Å². The minimum atomic E-state index is -0.877. The number of benzene rings is 2. The van der Waals surface area contributed by atoms with E-state index in [0.29, 0.717) is 34.0 Å². The summed E-state index contributed by atoms with van der Waals surface area (Å²) in [7, 11) is 0. The van der Waals surface area contributed by atoms with E-state index in [1.807, 2.05) is 18.2 Å². The van der Waals surface area contributed by atoms with Crippen LogP contribution in [0.25, 0.3) is 0 Å². The number of anilines is 1. The Bertz CT molecular complexity index is 1000. The zero-order chi connectivity index (χ0) is 20.1. The lowest BCUT2D eigenvalue weighted by atomic mass is 9.62. The predicted molar refractivity (Wildman–Crippen MR) is 109 cm³/mol. The van der Waals surface area contributed by atoms with Crippen molar-refractivity contribution in [2.24, 2.45) is 35.5 Å². The molecule has 0 unspecified atom stereocenters. The number of amides is 1. The van der Waals surface area contributed by atoms with Gasteiger partial charge in [0.2, 0.25) is 5.91 Å². The third kappa shape index (κ3) is 3.19. The summed E-state index contributed by atoms with van der Waals surface area (Å²) in [6, 6.07) is 14.2. The van der Waals surface area contributed by atoms with E-state index in [1.54, 1.807) is 36.4 Å². The van der Waals surface area contributed by atoms with Crippen LogP contribution in [-0.2, 0) is 9.59 Å². The number of hydrogen-bond acceptors (Lipinski definition) is 3. The van der Waals surface area contributed by atoms with Gasteiger partial charge in [-0.1, -0.05) is 35.9 Å². The number of ether oxygens (including phenoxy) is 1. The number of allylic oxidation sites excluding steroid dienone is 2. The van der Waals surface area contributed by atoms with Crippen LogP contribution in [-0.4, -0.2) is 17.0 Å². The summed E-state index contributed by atoms with van der Waals surface area (Å²) < 4.78 is 5.76. The molecule has 4 aliphatic rings. The Labute approximate surface area is 173 Å². The standard InChI is InChI=1S/C23H20ClNO4/c24-18-3-1-2-4-19(18)29-13-7-5-12(6-8-13)25-22(26)20-14-9-10-15(17-11-16(14)17)21(20)23(27)28/h1-10,14-17,20-21H,11H2,(H,25,26)(H,27,28)/t14-,15-,16-,17+,20-,21+/m0/s1. The van der Waals surface area contributed by atoms with Gasteiger partial charge < -0.3 is 15.2 Å². The van der Waals surface area contributed by atoms with Crippen LogP contribution in [0.1, 0.15) is 6.42 Å². The molecule has 148 valence electrons. The van der Waals surface area contributed by atoms with Gasteiger partial charge in [-0.15, -0.1) is 0 Å². The molecule has 6 atom stereocenters. The maximum atomic E-state index is 13.0. The van der Waals surface area contributed by atoms with Crippen molar-refractivity contribution in [2.75, 3.05) is 5.32 Å². The van der Waals surface area contributed by atoms with Crippen LogP contribution in [0.5, 0.6) is 11.5 Å². The number of carbonyl (C=O) groups is 2. The fourth-order valence-corrected chi connectivity index (χ4v) is 5.23. The molecular formula is C23H20ClNO4. The lowest BCUT2D eigenvalue weighted by Gasteiger charge is -2.41. The van der Waals surface area contributed by atoms with Crippen LogP contribution in [0.4, 0.5) is 5.69 Å². The molecule has 0 aromatic heterocycles. The van der Waals surface area contributed by atoms with Crippen LogP contribution in [0.3, 0.4) is 0 Å². The molecule has 2 fully saturated rings. The van der Waals surface area contributed by atoms with E-state index in [2.05, 4.69) is 11.4 Å². The SMILES string of the molecule is O=C(O)[C@@H]1[C@H]2C=C[C@@H]([C@@H]3C[C@H]23)[C@@H]1C(=O)Nc1ccc(Oc2ccccc2Cl)cc1. The normalized spacial score (nSPS) is 31.1. The summed E-state index contributed by atoms with van der Waals surface area (Å²) >= 11 is 6.11. The molecule has 2 saturated carbocycles. The van der Waals surface area contributed by atoms with Gasteiger partial charge >= 0.3 is 5.97 Å². The molecule has 0 radical (unpaired) electrons. The third-order valence-corrected chi connectivity index (χ3v) is 6.74. The Hall–Kier alpha value is -2.79. The van der Waals surface area contributed by atoms with Crippen LogP contribution in [0, 0.1) is 35.5 Å². The zero-order valence-electron chi connectivity index (χ0n) is 15.5. The number of carboxylic acids is 1. The van der Waals surface area contributed by atoms with Crippen LogP contribution in [0.15, 0.2) is 60.7 Å². The number of para-hydroxylation sites is 1. The monoisotopic (exact) mass is 409 g/mol. The van der Waals surface area contributed by atoms with Gasteiger partial charge in [-0.05, 0) is 66.5 Å². The quantitative estimate of drug-likeness (QED) is 0.693. The Balaban J connectivity index is 1.30. The predicted octanol–water partition coefficient (Wildman–Crippen LogP) is 4.84. The second kappa shape index (κ2) is 6.92. The van der Waals surface area contributed by atoms with Gasteiger partial charge in [-0.3, -0.25) is 9.59 Å². The molecule has 29 heavy (non-hydrogen) atoms. The Kier molecular flexibility index (Phi) is 4.36. The second-order valence-corrected chi connectivity index (χ2v) is 8.45. The van der Waals surface area contributed by atoms with Crippen molar-refractivity contribution in [1.29, 1.82) is 0 Å². The maximum Gasteiger partial charge on any atom is 0.307 e. The lowest BCUT2D eigenvalue weighted by molar-refractivity contribution is -0.152. The first-order valence-electron chi connectivity index (χ1n) is 9.77. The minimum Gasteiger partial charge on any atom is -0.481 e. The molecule has 2 bridgehead atoms. The van der Waals surface area contributed by atoms with Gasteiger partial charge in [0.05, 0.1) is 16.9 Å². The molecule has 0 saturated heterocycles. The van der Waals surface area contributed by atoms with E-state index in [1.165, 1.54) is 0 Å². The maximum absolute atomic E-state index is 13.0. The van der Waals surface area contributed by atoms with E-state index < -0.39 is 17.8 Å². The Morgan fingerprint density at radius 3 is 2.28 bits per heavy atom. The molecule has 4 aliphatic carbocycles. The number of rotatable bonds is 5. The van der Waals surface area contributed by atoms with E-state index in [0.717, 1.165) is 6.42 Å². The first kappa shape index (κ1) is 18.3. The fourth-order valence-electron chi connectivity index (χ4n) is 5.06. The fraction of sp³-hybridized carbons (Fsp3) is 0.304. The van der Waals surface area contributed by atoms with Crippen LogP contribution < -0.4 is 10.1 Å². The molecule has 2 aromatic rings. The molecular weight excluding hydrogens is 390 g/mol. The average molecular weight is 410 g/mol. The molecule has 1 amide bonds. The minimum absolute atomic E-state index is 0.0222. The second-order valence-electron chi connectivity index (χ2n) is 8.04. The van der Waals surface area contributed by atoms with Crippen molar-refractivity contribution in [2.45, 2.75) is 6.42 Å². The number of aliphatic carboxylic acids is 1. The highest BCUT2D eigenvalue weighted by molar-refractivity contribution is 6.32. The number of hydrogen-bond donors (Lipinski definition) is 2. The number of fused-ring (bicyclic) bond motifs is 1. The molecule has 0 spiro atoms. The number of carboxylic acid groups (broad SMARTS) is 1. The topological polar surface area (TPSA) is 75.6 Å². The molecule has 2 aromatic carbocycles. The lowest BCUT2D eigenvalue weighted by Crippen LogP contribution is -2.48. The third-order valence-electron chi connectivity index (χ3n) is 6.43. The molecule has 6 heteroatoms. The number of carbonyl (C=O) groups excluding carboxylic acids is 1. The summed E-state index contributed by atoms with van der Waals surface area (Å²) in [5, 5.41) is 13.2. The largest absolute Gasteiger partial charge is 0.481 e. The molecule has 6 rings (SSSR count). The summed E-state index contributed by atoms with van der Waals surface area (Å²) in [5.74, 6) is -0.209. The molecule has 0 aliphatic heterocycles. The number of nitrogens with one attached hydrogen (secondary N) is 1. The smallest absolute Gasteiger partial charge is 0.307 e. The highest BCUT2D eigenvalue weighted by atomic mass is 35.5. The summed E-state index contributed by atoms with van der Waals surface area (Å²) in [6.07, 6.45) is 5.11. The highest BCUT2D eigenvalue weighted by Crippen LogP contribution is 2.63. The van der Waals surface area contributed by atoms with Gasteiger partial charge in [0.25, 0.3) is 0 Å². The average Bonchev–Trinajstić information content (AvgIpc) is 3.53. The molecule has 2 N–H and O–H groups in total. The van der Waals surface area contributed by atoms with E-state index in [-0.39, 0.29) is 17.7 Å². The van der Waals surface area contributed by atoms with E-state index in [9.17, 15) is 14.7 Å². The summed E-state index contributed by atoms with van der Waals surface area (Å²) in [4.78, 5) is 24.9. The first-order chi connectivity index (χ1) is 14.0. The van der Waals surface area contributed by atoms with Crippen LogP contribution >= 0.6 is 11.6 Å². The van der Waals surface area contributed by atoms with Crippen molar-refractivity contribution < 1.29 is 19.4 Å². The van der Waals surface area contributed by atoms with Crippen molar-refractivity contribution in [3.8, 4) is 11.5 Å². The Morgan fingerprint density at radius 2 is 1.62 bits per heavy atom. The summed E-state index contributed by atoms with van der Waals surface area (Å²) in [5.41, 5.74) is 0.614. The Morgan fingerprint density at radius 1 is 0.966 bits per heavy atom. The molecule has 0 heterocycles. The van der Waals surface area contributed by atoms with Crippen molar-refractivity contribution in [1.82, 2.24) is 0 Å². The van der Waals surface area contributed by atoms with Crippen molar-refractivity contribution in [3.63, 3.8) is 0 Å². The highest BCUT2D eigenvalue weighted by Gasteiger charge is 2.62. The van der Waals surface area contributed by atoms with Crippen molar-refractivity contribution >= 4 is 29.2 Å². The van der Waals surface area contributed by atoms with Gasteiger partial charge in [0.1, 0.15) is 11.5 Å². The van der Waals surface area contributed by atoms with E-state index >= 15 is 0 Å². The summed E-state index contributed by atoms with van der Waals surface area (Å²) in [6.45, 7) is 0. The first-order valence-corrected chi connectivity index (χ1v) is 10.1. The van der Waals surface area contributed by atoms with Gasteiger partial charge in [0.15, 0.2) is 0 Å². The van der Waals surface area contributed by atoms with Crippen molar-refractivity contribution in [3.05, 3.63) is 65.7 Å². The molecule has 5 nitrogen and oxygen atoms in total.